The molecule has 3 rings (SSSR count). The lowest BCUT2D eigenvalue weighted by atomic mass is 10.1. The van der Waals surface area contributed by atoms with Crippen LogP contribution in [0.2, 0.25) is 0 Å². The van der Waals surface area contributed by atoms with Gasteiger partial charge in [0, 0.05) is 36.0 Å². The van der Waals surface area contributed by atoms with Gasteiger partial charge in [0.25, 0.3) is 0 Å². The van der Waals surface area contributed by atoms with Crippen molar-refractivity contribution in [1.82, 2.24) is 9.97 Å². The predicted octanol–water partition coefficient (Wildman–Crippen LogP) is 4.50. The van der Waals surface area contributed by atoms with Crippen molar-refractivity contribution in [3.8, 4) is 17.5 Å². The van der Waals surface area contributed by atoms with Crippen LogP contribution in [0.3, 0.4) is 0 Å². The molecular weight excluding hydrogens is 382 g/mol. The van der Waals surface area contributed by atoms with Crippen molar-refractivity contribution in [3.05, 3.63) is 71.5 Å². The van der Waals surface area contributed by atoms with Gasteiger partial charge in [0.1, 0.15) is 11.5 Å². The molecule has 0 radical (unpaired) electrons. The third-order valence-electron chi connectivity index (χ3n) is 4.28. The first kappa shape index (κ1) is 21.0. The maximum absolute atomic E-state index is 12.4. The summed E-state index contributed by atoms with van der Waals surface area (Å²) >= 11 is 0. The first-order chi connectivity index (χ1) is 14.4. The van der Waals surface area contributed by atoms with E-state index in [1.807, 2.05) is 19.9 Å². The minimum Gasteiger partial charge on any atom is -0.496 e. The number of ether oxygens (including phenoxy) is 2. The van der Waals surface area contributed by atoms with E-state index in [1.165, 1.54) is 7.11 Å². The van der Waals surface area contributed by atoms with Crippen LogP contribution in [0.25, 0.3) is 0 Å². The van der Waals surface area contributed by atoms with Crippen LogP contribution in [0.5, 0.6) is 17.5 Å². The normalized spacial score (nSPS) is 10.4. The smallest absolute Gasteiger partial charge is 0.322 e. The molecule has 1 N–H and O–H groups in total. The number of amides is 1. The molecule has 7 nitrogen and oxygen atoms in total. The highest BCUT2D eigenvalue weighted by Crippen LogP contribution is 2.23. The van der Waals surface area contributed by atoms with Crippen LogP contribution in [0.1, 0.15) is 34.6 Å². The lowest BCUT2D eigenvalue weighted by Gasteiger charge is -2.09. The second kappa shape index (κ2) is 9.65. The SMILES string of the molecule is COc1ccccc1C(=O)CCC(=O)Nc1cccc(Oc2nc(C)cc(C)n2)c1. The Morgan fingerprint density at radius 3 is 2.40 bits per heavy atom. The fraction of sp³-hybridized carbons (Fsp3) is 0.217. The van der Waals surface area contributed by atoms with Crippen molar-refractivity contribution in [2.24, 2.45) is 0 Å². The topological polar surface area (TPSA) is 90.4 Å². The number of aromatic nitrogens is 2. The van der Waals surface area contributed by atoms with E-state index in [1.54, 1.807) is 48.5 Å². The van der Waals surface area contributed by atoms with E-state index in [9.17, 15) is 9.59 Å². The molecule has 1 aromatic heterocycles. The number of carbonyl (C=O) groups is 2. The van der Waals surface area contributed by atoms with E-state index < -0.39 is 0 Å². The van der Waals surface area contributed by atoms with Crippen molar-refractivity contribution in [2.45, 2.75) is 26.7 Å². The Morgan fingerprint density at radius 2 is 1.67 bits per heavy atom. The summed E-state index contributed by atoms with van der Waals surface area (Å²) in [5.41, 5.74) is 2.65. The van der Waals surface area contributed by atoms with E-state index in [0.717, 1.165) is 11.4 Å². The highest BCUT2D eigenvalue weighted by molar-refractivity contribution is 6.01. The monoisotopic (exact) mass is 405 g/mol. The van der Waals surface area contributed by atoms with Crippen LogP contribution in [0, 0.1) is 13.8 Å². The van der Waals surface area contributed by atoms with Crippen molar-refractivity contribution in [1.29, 1.82) is 0 Å². The van der Waals surface area contributed by atoms with Gasteiger partial charge in [-0.05, 0) is 44.2 Å². The predicted molar refractivity (Wildman–Crippen MR) is 113 cm³/mol. The van der Waals surface area contributed by atoms with E-state index >= 15 is 0 Å². The molecule has 0 aliphatic carbocycles. The summed E-state index contributed by atoms with van der Waals surface area (Å²) in [4.78, 5) is 33.2. The number of benzene rings is 2. The molecule has 0 fully saturated rings. The number of Topliss-reactive ketones (excluding diaryl/α,β-unsaturated/α-hetero) is 1. The minimum atomic E-state index is -0.266. The molecule has 1 amide bonds. The molecule has 0 unspecified atom stereocenters. The van der Waals surface area contributed by atoms with Gasteiger partial charge in [-0.25, -0.2) is 9.97 Å². The number of carbonyl (C=O) groups excluding carboxylic acids is 2. The largest absolute Gasteiger partial charge is 0.496 e. The molecule has 1 heterocycles. The van der Waals surface area contributed by atoms with Gasteiger partial charge >= 0.3 is 6.01 Å². The lowest BCUT2D eigenvalue weighted by Crippen LogP contribution is -2.13. The Balaban J connectivity index is 1.59. The number of nitrogens with zero attached hydrogens (tertiary/aromatic N) is 2. The van der Waals surface area contributed by atoms with Gasteiger partial charge in [-0.1, -0.05) is 18.2 Å². The number of rotatable bonds is 8. The molecule has 30 heavy (non-hydrogen) atoms. The molecule has 0 aliphatic heterocycles. The first-order valence-electron chi connectivity index (χ1n) is 9.51. The number of ketones is 1. The number of methoxy groups -OCH3 is 1. The van der Waals surface area contributed by atoms with Gasteiger partial charge in [-0.3, -0.25) is 9.59 Å². The van der Waals surface area contributed by atoms with Crippen LogP contribution in [0.4, 0.5) is 5.69 Å². The number of hydrogen-bond donors (Lipinski definition) is 1. The Kier molecular flexibility index (Phi) is 6.75. The molecule has 3 aromatic rings. The molecule has 0 spiro atoms. The molecule has 0 atom stereocenters. The lowest BCUT2D eigenvalue weighted by molar-refractivity contribution is -0.116. The fourth-order valence-electron chi connectivity index (χ4n) is 2.94. The summed E-state index contributed by atoms with van der Waals surface area (Å²) in [5, 5.41) is 2.78. The second-order valence-electron chi connectivity index (χ2n) is 6.73. The van der Waals surface area contributed by atoms with Gasteiger partial charge in [-0.2, -0.15) is 0 Å². The van der Waals surface area contributed by atoms with Crippen molar-refractivity contribution in [3.63, 3.8) is 0 Å². The summed E-state index contributed by atoms with van der Waals surface area (Å²) in [6.45, 7) is 3.73. The Morgan fingerprint density at radius 1 is 0.933 bits per heavy atom. The van der Waals surface area contributed by atoms with Gasteiger partial charge in [-0.15, -0.1) is 0 Å². The van der Waals surface area contributed by atoms with E-state index in [4.69, 9.17) is 9.47 Å². The number of para-hydroxylation sites is 1. The van der Waals surface area contributed by atoms with Crippen LogP contribution in [-0.4, -0.2) is 28.8 Å². The van der Waals surface area contributed by atoms with Gasteiger partial charge in [0.05, 0.1) is 12.7 Å². The maximum Gasteiger partial charge on any atom is 0.322 e. The van der Waals surface area contributed by atoms with Crippen molar-refractivity contribution >= 4 is 17.4 Å². The van der Waals surface area contributed by atoms with Crippen molar-refractivity contribution < 1.29 is 19.1 Å². The van der Waals surface area contributed by atoms with Gasteiger partial charge in [0.15, 0.2) is 5.78 Å². The van der Waals surface area contributed by atoms with Gasteiger partial charge < -0.3 is 14.8 Å². The highest BCUT2D eigenvalue weighted by Gasteiger charge is 2.14. The molecule has 0 aliphatic rings. The molecule has 0 bridgehead atoms. The average molecular weight is 405 g/mol. The minimum absolute atomic E-state index is 0.0577. The molecular formula is C23H23N3O4. The molecule has 0 saturated carbocycles. The summed E-state index contributed by atoms with van der Waals surface area (Å²) in [7, 11) is 1.51. The zero-order chi connectivity index (χ0) is 21.5. The third-order valence-corrected chi connectivity index (χ3v) is 4.28. The standard InChI is InChI=1S/C23H23N3O4/c1-15-13-16(2)25-23(24-15)30-18-8-6-7-17(14-18)26-22(28)12-11-20(27)19-9-4-5-10-21(19)29-3/h4-10,13-14H,11-12H2,1-3H3,(H,26,28). The summed E-state index contributed by atoms with van der Waals surface area (Å²) in [6.07, 6.45) is 0.140. The molecule has 2 aromatic carbocycles. The summed E-state index contributed by atoms with van der Waals surface area (Å²) in [6, 6.07) is 16.0. The summed E-state index contributed by atoms with van der Waals surface area (Å²) < 4.78 is 10.9. The Hall–Kier alpha value is -3.74. The number of nitrogens with one attached hydrogen (secondary N) is 1. The number of hydrogen-bond acceptors (Lipinski definition) is 6. The second-order valence-corrected chi connectivity index (χ2v) is 6.73. The quantitative estimate of drug-likeness (QED) is 0.555. The first-order valence-corrected chi connectivity index (χ1v) is 9.51. The van der Waals surface area contributed by atoms with Crippen LogP contribution in [-0.2, 0) is 4.79 Å². The van der Waals surface area contributed by atoms with E-state index in [2.05, 4.69) is 15.3 Å². The number of anilines is 1. The van der Waals surface area contributed by atoms with E-state index in [-0.39, 0.29) is 30.5 Å². The van der Waals surface area contributed by atoms with Crippen molar-refractivity contribution in [2.75, 3.05) is 12.4 Å². The maximum atomic E-state index is 12.4. The Labute approximate surface area is 175 Å². The fourth-order valence-corrected chi connectivity index (χ4v) is 2.94. The van der Waals surface area contributed by atoms with Crippen LogP contribution >= 0.6 is 0 Å². The van der Waals surface area contributed by atoms with Gasteiger partial charge in [0.2, 0.25) is 5.91 Å². The zero-order valence-electron chi connectivity index (χ0n) is 17.1. The zero-order valence-corrected chi connectivity index (χ0v) is 17.1. The molecule has 154 valence electrons. The van der Waals surface area contributed by atoms with E-state index in [0.29, 0.717) is 22.7 Å². The average Bonchev–Trinajstić information content (AvgIpc) is 2.71. The third kappa shape index (κ3) is 5.64. The van der Waals surface area contributed by atoms with Crippen LogP contribution in [0.15, 0.2) is 54.6 Å². The molecule has 7 heteroatoms. The number of aryl methyl sites for hydroxylation is 2. The molecule has 0 saturated heterocycles. The Bertz CT molecular complexity index is 1050. The summed E-state index contributed by atoms with van der Waals surface area (Å²) in [5.74, 6) is 0.592. The highest BCUT2D eigenvalue weighted by atomic mass is 16.5. The van der Waals surface area contributed by atoms with Crippen LogP contribution < -0.4 is 14.8 Å².